The van der Waals surface area contributed by atoms with Crippen LogP contribution in [0.4, 0.5) is 4.39 Å². The molecule has 1 saturated heterocycles. The Morgan fingerprint density at radius 2 is 2.15 bits per heavy atom. The van der Waals surface area contributed by atoms with Gasteiger partial charge in [0.25, 0.3) is 5.91 Å². The fourth-order valence-electron chi connectivity index (χ4n) is 3.56. The third-order valence-electron chi connectivity index (χ3n) is 4.83. The zero-order chi connectivity index (χ0) is 18.6. The van der Waals surface area contributed by atoms with E-state index >= 15 is 0 Å². The Balaban J connectivity index is 1.51. The number of nitrogens with zero attached hydrogens (tertiary/aromatic N) is 5. The number of carbonyl (C=O) groups excluding carboxylic acids is 1. The molecule has 0 aliphatic carbocycles. The van der Waals surface area contributed by atoms with Gasteiger partial charge in [-0.3, -0.25) is 14.8 Å². The Kier molecular flexibility index (Phi) is 4.91. The van der Waals surface area contributed by atoms with Gasteiger partial charge in [-0.25, -0.2) is 9.37 Å². The van der Waals surface area contributed by atoms with Crippen LogP contribution < -0.4 is 0 Å². The number of imidazole rings is 1. The first-order valence-corrected chi connectivity index (χ1v) is 9.01. The van der Waals surface area contributed by atoms with Gasteiger partial charge < -0.3 is 9.47 Å². The summed E-state index contributed by atoms with van der Waals surface area (Å²) in [6.07, 6.45) is 9.87. The summed E-state index contributed by atoms with van der Waals surface area (Å²) in [5.41, 5.74) is 1.25. The predicted octanol–water partition coefficient (Wildman–Crippen LogP) is 2.88. The molecule has 0 aromatic carbocycles. The highest BCUT2D eigenvalue weighted by molar-refractivity contribution is 5.94. The lowest BCUT2D eigenvalue weighted by molar-refractivity contribution is 0.0702. The smallest absolute Gasteiger partial charge is 0.255 e. The zero-order valence-electron chi connectivity index (χ0n) is 14.8. The minimum absolute atomic E-state index is 0.142. The van der Waals surface area contributed by atoms with Crippen molar-refractivity contribution >= 4 is 5.91 Å². The fraction of sp³-hybridized carbons (Fsp3) is 0.300. The Morgan fingerprint density at radius 1 is 1.22 bits per heavy atom. The van der Waals surface area contributed by atoms with Gasteiger partial charge in [0, 0.05) is 43.8 Å². The molecule has 3 aromatic rings. The summed E-state index contributed by atoms with van der Waals surface area (Å²) in [5.74, 6) is 0.410. The quantitative estimate of drug-likeness (QED) is 0.713. The highest BCUT2D eigenvalue weighted by Crippen LogP contribution is 2.27. The normalized spacial score (nSPS) is 17.1. The van der Waals surface area contributed by atoms with Gasteiger partial charge in [0.1, 0.15) is 11.6 Å². The van der Waals surface area contributed by atoms with Gasteiger partial charge in [-0.1, -0.05) is 6.07 Å². The first kappa shape index (κ1) is 17.3. The van der Waals surface area contributed by atoms with E-state index in [1.807, 2.05) is 24.4 Å². The van der Waals surface area contributed by atoms with Crippen LogP contribution in [0.2, 0.25) is 0 Å². The first-order chi connectivity index (χ1) is 13.2. The van der Waals surface area contributed by atoms with Gasteiger partial charge >= 0.3 is 0 Å². The molecule has 0 spiro atoms. The second-order valence-corrected chi connectivity index (χ2v) is 6.72. The maximum absolute atomic E-state index is 13.4. The van der Waals surface area contributed by atoms with Crippen molar-refractivity contribution < 1.29 is 9.18 Å². The molecule has 4 rings (SSSR count). The lowest BCUT2D eigenvalue weighted by Crippen LogP contribution is -2.39. The molecular weight excluding hydrogens is 345 g/mol. The van der Waals surface area contributed by atoms with Crippen molar-refractivity contribution in [2.45, 2.75) is 25.3 Å². The Morgan fingerprint density at radius 3 is 2.96 bits per heavy atom. The highest BCUT2D eigenvalue weighted by atomic mass is 19.1. The van der Waals surface area contributed by atoms with Crippen LogP contribution in [-0.2, 0) is 6.54 Å². The molecule has 1 aliphatic heterocycles. The summed E-state index contributed by atoms with van der Waals surface area (Å²) in [4.78, 5) is 27.2. The summed E-state index contributed by atoms with van der Waals surface area (Å²) < 4.78 is 15.5. The van der Waals surface area contributed by atoms with Gasteiger partial charge in [-0.2, -0.15) is 0 Å². The molecular formula is C20H20FN5O. The number of pyridine rings is 2. The van der Waals surface area contributed by atoms with Crippen LogP contribution in [0.25, 0.3) is 0 Å². The number of carbonyl (C=O) groups is 1. The Hall–Kier alpha value is -3.09. The predicted molar refractivity (Wildman–Crippen MR) is 97.6 cm³/mol. The number of amides is 1. The molecule has 1 aliphatic rings. The van der Waals surface area contributed by atoms with Crippen molar-refractivity contribution in [3.8, 4) is 0 Å². The van der Waals surface area contributed by atoms with Gasteiger partial charge in [0.2, 0.25) is 0 Å². The fourth-order valence-corrected chi connectivity index (χ4v) is 3.56. The van der Waals surface area contributed by atoms with Gasteiger partial charge in [-0.15, -0.1) is 0 Å². The molecule has 0 N–H and O–H groups in total. The summed E-state index contributed by atoms with van der Waals surface area (Å²) in [6, 6.07) is 7.08. The molecule has 6 nitrogen and oxygen atoms in total. The monoisotopic (exact) mass is 365 g/mol. The van der Waals surface area contributed by atoms with Crippen molar-refractivity contribution in [3.05, 3.63) is 78.1 Å². The first-order valence-electron chi connectivity index (χ1n) is 9.01. The lowest BCUT2D eigenvalue weighted by Gasteiger charge is -2.32. The third-order valence-corrected chi connectivity index (χ3v) is 4.83. The van der Waals surface area contributed by atoms with Gasteiger partial charge in [-0.05, 0) is 31.0 Å². The van der Waals surface area contributed by atoms with Crippen LogP contribution in [0.1, 0.15) is 40.6 Å². The molecule has 0 saturated carbocycles. The van der Waals surface area contributed by atoms with E-state index in [-0.39, 0.29) is 17.4 Å². The van der Waals surface area contributed by atoms with E-state index in [9.17, 15) is 9.18 Å². The molecule has 0 radical (unpaired) electrons. The number of likely N-dealkylation sites (tertiary alicyclic amines) is 1. The van der Waals surface area contributed by atoms with E-state index in [0.29, 0.717) is 19.6 Å². The van der Waals surface area contributed by atoms with Crippen LogP contribution >= 0.6 is 0 Å². The van der Waals surface area contributed by atoms with E-state index in [1.165, 1.54) is 12.3 Å². The number of aromatic nitrogens is 4. The lowest BCUT2D eigenvalue weighted by atomic mass is 9.96. The minimum atomic E-state index is -0.500. The standard InChI is InChI=1S/C20H20FN5O/c21-17-10-16(11-22-12-17)20(27)26-8-3-4-15(13-26)19-24-7-9-25(19)14-18-5-1-2-6-23-18/h1-2,5-7,9-12,15H,3-4,8,13-14H2. The molecule has 1 unspecified atom stereocenters. The SMILES string of the molecule is O=C(c1cncc(F)c1)N1CCCC(c2nccn2Cc2ccccn2)C1. The molecule has 1 amide bonds. The maximum Gasteiger partial charge on any atom is 0.255 e. The van der Waals surface area contributed by atoms with Crippen LogP contribution in [-0.4, -0.2) is 43.4 Å². The van der Waals surface area contributed by atoms with Crippen molar-refractivity contribution in [2.75, 3.05) is 13.1 Å². The number of halogens is 1. The Labute approximate surface area is 156 Å². The molecule has 0 bridgehead atoms. The van der Waals surface area contributed by atoms with Crippen molar-refractivity contribution in [1.82, 2.24) is 24.4 Å². The van der Waals surface area contributed by atoms with E-state index in [1.54, 1.807) is 17.3 Å². The summed E-state index contributed by atoms with van der Waals surface area (Å²) >= 11 is 0. The van der Waals surface area contributed by atoms with Gasteiger partial charge in [0.15, 0.2) is 0 Å². The molecule has 3 aromatic heterocycles. The molecule has 7 heteroatoms. The second-order valence-electron chi connectivity index (χ2n) is 6.72. The molecule has 1 fully saturated rings. The Bertz CT molecular complexity index is 927. The second kappa shape index (κ2) is 7.65. The van der Waals surface area contributed by atoms with Crippen LogP contribution in [0.3, 0.4) is 0 Å². The van der Waals surface area contributed by atoms with Crippen LogP contribution in [0.15, 0.2) is 55.2 Å². The van der Waals surface area contributed by atoms with Crippen LogP contribution in [0, 0.1) is 5.82 Å². The summed E-state index contributed by atoms with van der Waals surface area (Å²) in [5, 5.41) is 0. The van der Waals surface area contributed by atoms with E-state index in [4.69, 9.17) is 0 Å². The molecule has 27 heavy (non-hydrogen) atoms. The summed E-state index contributed by atoms with van der Waals surface area (Å²) in [6.45, 7) is 1.87. The highest BCUT2D eigenvalue weighted by Gasteiger charge is 2.28. The zero-order valence-corrected chi connectivity index (χ0v) is 14.8. The van der Waals surface area contributed by atoms with Crippen LogP contribution in [0.5, 0.6) is 0 Å². The van der Waals surface area contributed by atoms with Gasteiger partial charge in [0.05, 0.1) is 24.0 Å². The molecule has 4 heterocycles. The van der Waals surface area contributed by atoms with Crippen molar-refractivity contribution in [2.24, 2.45) is 0 Å². The number of hydrogen-bond acceptors (Lipinski definition) is 4. The largest absolute Gasteiger partial charge is 0.338 e. The maximum atomic E-state index is 13.4. The number of rotatable bonds is 4. The van der Waals surface area contributed by atoms with E-state index < -0.39 is 5.82 Å². The van der Waals surface area contributed by atoms with E-state index in [2.05, 4.69) is 19.5 Å². The van der Waals surface area contributed by atoms with E-state index in [0.717, 1.165) is 30.6 Å². The number of piperidine rings is 1. The number of hydrogen-bond donors (Lipinski definition) is 0. The molecule has 1 atom stereocenters. The average molecular weight is 365 g/mol. The molecule has 138 valence electrons. The average Bonchev–Trinajstić information content (AvgIpc) is 3.16. The topological polar surface area (TPSA) is 63.9 Å². The third kappa shape index (κ3) is 3.86. The summed E-state index contributed by atoms with van der Waals surface area (Å²) in [7, 11) is 0. The van der Waals surface area contributed by atoms with Crippen molar-refractivity contribution in [3.63, 3.8) is 0 Å². The minimum Gasteiger partial charge on any atom is -0.338 e. The van der Waals surface area contributed by atoms with Crippen molar-refractivity contribution in [1.29, 1.82) is 0 Å².